The number of alkyl halides is 1. The molecule has 1 rings (SSSR count). The highest BCUT2D eigenvalue weighted by molar-refractivity contribution is 9.08. The molecule has 0 N–H and O–H groups in total. The van der Waals surface area contributed by atoms with E-state index in [0.29, 0.717) is 6.61 Å². The molecule has 1 nitrogen and oxygen atoms in total. The zero-order chi connectivity index (χ0) is 8.10. The topological polar surface area (TPSA) is 9.23 Å². The maximum Gasteiger partial charge on any atom is 0.0713 e. The molecule has 0 heterocycles. The zero-order valence-electron chi connectivity index (χ0n) is 6.51. The zero-order valence-corrected chi connectivity index (χ0v) is 8.10. The number of halogens is 1. The van der Waals surface area contributed by atoms with Crippen molar-refractivity contribution in [2.24, 2.45) is 0 Å². The van der Waals surface area contributed by atoms with Gasteiger partial charge in [0.25, 0.3) is 0 Å². The van der Waals surface area contributed by atoms with Gasteiger partial charge >= 0.3 is 0 Å². The van der Waals surface area contributed by atoms with Crippen molar-refractivity contribution in [3.8, 4) is 0 Å². The van der Waals surface area contributed by atoms with Gasteiger partial charge in [0.05, 0.1) is 6.61 Å². The number of hydrogen-bond acceptors (Lipinski definition) is 1. The van der Waals surface area contributed by atoms with E-state index in [0.717, 1.165) is 5.33 Å². The fraction of sp³-hybridized carbons (Fsp3) is 0.333. The van der Waals surface area contributed by atoms with Crippen molar-refractivity contribution in [2.45, 2.75) is 11.9 Å². The predicted octanol–water partition coefficient (Wildman–Crippen LogP) is 2.73. The van der Waals surface area contributed by atoms with Crippen LogP contribution < -0.4 is 0 Å². The number of benzene rings is 1. The van der Waals surface area contributed by atoms with Crippen LogP contribution in [0.1, 0.15) is 11.1 Å². The molecule has 0 aliphatic heterocycles. The Morgan fingerprint density at radius 1 is 1.36 bits per heavy atom. The van der Waals surface area contributed by atoms with Crippen LogP contribution >= 0.6 is 15.9 Å². The summed E-state index contributed by atoms with van der Waals surface area (Å²) in [5, 5.41) is 0.907. The van der Waals surface area contributed by atoms with Gasteiger partial charge in [0.1, 0.15) is 0 Å². The van der Waals surface area contributed by atoms with Gasteiger partial charge in [0.15, 0.2) is 0 Å². The monoisotopic (exact) mass is 214 g/mol. The number of rotatable bonds is 3. The van der Waals surface area contributed by atoms with Gasteiger partial charge < -0.3 is 4.74 Å². The van der Waals surface area contributed by atoms with Gasteiger partial charge in [-0.2, -0.15) is 0 Å². The van der Waals surface area contributed by atoms with E-state index < -0.39 is 0 Å². The summed E-state index contributed by atoms with van der Waals surface area (Å²) in [6.07, 6.45) is 0. The Morgan fingerprint density at radius 3 is 2.73 bits per heavy atom. The Morgan fingerprint density at radius 2 is 2.09 bits per heavy atom. The normalized spacial score (nSPS) is 10.0. The van der Waals surface area contributed by atoms with Gasteiger partial charge in [0.2, 0.25) is 0 Å². The smallest absolute Gasteiger partial charge is 0.0713 e. The van der Waals surface area contributed by atoms with E-state index in [-0.39, 0.29) is 0 Å². The fourth-order valence-corrected chi connectivity index (χ4v) is 1.32. The first-order valence-electron chi connectivity index (χ1n) is 3.49. The Kier molecular flexibility index (Phi) is 3.60. The highest BCUT2D eigenvalue weighted by Gasteiger charge is 1.92. The van der Waals surface area contributed by atoms with Gasteiger partial charge in [-0.25, -0.2) is 0 Å². The molecular formula is C9H11BrO. The Bertz CT molecular complexity index is 223. The van der Waals surface area contributed by atoms with Crippen molar-refractivity contribution in [3.63, 3.8) is 0 Å². The van der Waals surface area contributed by atoms with Crippen LogP contribution in [0.15, 0.2) is 24.3 Å². The van der Waals surface area contributed by atoms with E-state index >= 15 is 0 Å². The quantitative estimate of drug-likeness (QED) is 0.704. The van der Waals surface area contributed by atoms with Gasteiger partial charge in [-0.15, -0.1) is 0 Å². The van der Waals surface area contributed by atoms with Crippen LogP contribution in [0.2, 0.25) is 0 Å². The first-order chi connectivity index (χ1) is 5.36. The van der Waals surface area contributed by atoms with Crippen LogP contribution in [-0.4, -0.2) is 7.11 Å². The van der Waals surface area contributed by atoms with Crippen molar-refractivity contribution < 1.29 is 4.74 Å². The molecule has 60 valence electrons. The molecule has 1 aromatic carbocycles. The molecule has 0 unspecified atom stereocenters. The second-order valence-electron chi connectivity index (χ2n) is 2.39. The van der Waals surface area contributed by atoms with E-state index in [1.54, 1.807) is 7.11 Å². The van der Waals surface area contributed by atoms with E-state index in [4.69, 9.17) is 4.74 Å². The Balaban J connectivity index is 2.74. The molecule has 0 saturated heterocycles. The van der Waals surface area contributed by atoms with E-state index in [9.17, 15) is 0 Å². The Hall–Kier alpha value is -0.340. The molecule has 0 aliphatic carbocycles. The van der Waals surface area contributed by atoms with Crippen molar-refractivity contribution >= 4 is 15.9 Å². The van der Waals surface area contributed by atoms with Gasteiger partial charge in [-0.05, 0) is 11.1 Å². The lowest BCUT2D eigenvalue weighted by molar-refractivity contribution is 0.185. The number of hydrogen-bond donors (Lipinski definition) is 0. The van der Waals surface area contributed by atoms with Crippen LogP contribution in [-0.2, 0) is 16.7 Å². The molecule has 0 spiro atoms. The predicted molar refractivity (Wildman–Crippen MR) is 49.8 cm³/mol. The standard InChI is InChI=1S/C9H11BrO/c1-11-7-9-4-2-3-8(5-9)6-10/h2-5H,6-7H2,1H3. The third-order valence-electron chi connectivity index (χ3n) is 1.46. The van der Waals surface area contributed by atoms with Gasteiger partial charge in [0, 0.05) is 12.4 Å². The van der Waals surface area contributed by atoms with Gasteiger partial charge in [-0.1, -0.05) is 40.2 Å². The van der Waals surface area contributed by atoms with Crippen LogP contribution in [0.5, 0.6) is 0 Å². The lowest BCUT2D eigenvalue weighted by Crippen LogP contribution is -1.88. The molecule has 0 atom stereocenters. The summed E-state index contributed by atoms with van der Waals surface area (Å²) in [4.78, 5) is 0. The summed E-state index contributed by atoms with van der Waals surface area (Å²) in [6, 6.07) is 8.34. The summed E-state index contributed by atoms with van der Waals surface area (Å²) >= 11 is 3.40. The third kappa shape index (κ3) is 2.64. The lowest BCUT2D eigenvalue weighted by atomic mass is 10.1. The summed E-state index contributed by atoms with van der Waals surface area (Å²) < 4.78 is 5.01. The molecule has 0 amide bonds. The van der Waals surface area contributed by atoms with Crippen LogP contribution in [0.25, 0.3) is 0 Å². The van der Waals surface area contributed by atoms with Crippen LogP contribution in [0.3, 0.4) is 0 Å². The maximum atomic E-state index is 5.01. The third-order valence-corrected chi connectivity index (χ3v) is 2.10. The van der Waals surface area contributed by atoms with Gasteiger partial charge in [-0.3, -0.25) is 0 Å². The summed E-state index contributed by atoms with van der Waals surface area (Å²) in [7, 11) is 1.71. The molecule has 11 heavy (non-hydrogen) atoms. The summed E-state index contributed by atoms with van der Waals surface area (Å²) in [5.41, 5.74) is 2.52. The van der Waals surface area contributed by atoms with Crippen molar-refractivity contribution in [3.05, 3.63) is 35.4 Å². The summed E-state index contributed by atoms with van der Waals surface area (Å²) in [6.45, 7) is 0.695. The van der Waals surface area contributed by atoms with E-state index in [1.165, 1.54) is 11.1 Å². The molecule has 0 aromatic heterocycles. The van der Waals surface area contributed by atoms with Crippen LogP contribution in [0, 0.1) is 0 Å². The average Bonchev–Trinajstić information content (AvgIpc) is 2.06. The molecule has 0 bridgehead atoms. The minimum absolute atomic E-state index is 0.695. The van der Waals surface area contributed by atoms with E-state index in [2.05, 4.69) is 34.1 Å². The first kappa shape index (κ1) is 8.75. The molecule has 0 aliphatic rings. The maximum absolute atomic E-state index is 5.01. The average molecular weight is 215 g/mol. The highest BCUT2D eigenvalue weighted by atomic mass is 79.9. The molecule has 1 aromatic rings. The SMILES string of the molecule is COCc1cccc(CBr)c1. The van der Waals surface area contributed by atoms with Crippen molar-refractivity contribution in [1.29, 1.82) is 0 Å². The minimum atomic E-state index is 0.695. The minimum Gasteiger partial charge on any atom is -0.380 e. The molecule has 0 saturated carbocycles. The number of methoxy groups -OCH3 is 1. The second-order valence-corrected chi connectivity index (χ2v) is 2.95. The van der Waals surface area contributed by atoms with Crippen LogP contribution in [0.4, 0.5) is 0 Å². The lowest BCUT2D eigenvalue weighted by Gasteiger charge is -2.00. The molecule has 2 heteroatoms. The van der Waals surface area contributed by atoms with Crippen molar-refractivity contribution in [1.82, 2.24) is 0 Å². The highest BCUT2D eigenvalue weighted by Crippen LogP contribution is 2.09. The molecular weight excluding hydrogens is 204 g/mol. The van der Waals surface area contributed by atoms with E-state index in [1.807, 2.05) is 6.07 Å². The fourth-order valence-electron chi connectivity index (χ4n) is 0.969. The van der Waals surface area contributed by atoms with Crippen molar-refractivity contribution in [2.75, 3.05) is 7.11 Å². The Labute approximate surface area is 75.5 Å². The first-order valence-corrected chi connectivity index (χ1v) is 4.61. The second kappa shape index (κ2) is 4.52. The summed E-state index contributed by atoms with van der Waals surface area (Å²) in [5.74, 6) is 0. The molecule has 0 radical (unpaired) electrons. The largest absolute Gasteiger partial charge is 0.380 e. The molecule has 0 fully saturated rings. The number of ether oxygens (including phenoxy) is 1.